The molecule has 1 aliphatic heterocycles. The molecule has 116 valence electrons. The van der Waals surface area contributed by atoms with Crippen molar-refractivity contribution in [2.24, 2.45) is 0 Å². The van der Waals surface area contributed by atoms with Crippen molar-refractivity contribution in [2.75, 3.05) is 20.7 Å². The molecule has 2 rings (SSSR count). The van der Waals surface area contributed by atoms with Crippen LogP contribution in [-0.2, 0) is 19.7 Å². The van der Waals surface area contributed by atoms with Crippen molar-refractivity contribution < 1.29 is 18.0 Å². The molecular weight excluding hydrogens is 292 g/mol. The first-order valence-electron chi connectivity index (χ1n) is 6.87. The maximum atomic E-state index is 12.7. The van der Waals surface area contributed by atoms with Gasteiger partial charge in [-0.3, -0.25) is 9.63 Å². The van der Waals surface area contributed by atoms with Crippen molar-refractivity contribution in [1.29, 1.82) is 0 Å². The first-order valence-corrected chi connectivity index (χ1v) is 8.31. The van der Waals surface area contributed by atoms with Gasteiger partial charge in [0.15, 0.2) is 0 Å². The second-order valence-electron chi connectivity index (χ2n) is 4.96. The molecule has 1 atom stereocenters. The quantitative estimate of drug-likeness (QED) is 0.785. The fraction of sp³-hybridized carbons (Fsp3) is 0.500. The van der Waals surface area contributed by atoms with Gasteiger partial charge in [0.25, 0.3) is 5.91 Å². The Bertz CT molecular complexity index is 588. The lowest BCUT2D eigenvalue weighted by atomic mass is 10.0. The highest BCUT2D eigenvalue weighted by Gasteiger charge is 2.38. The molecule has 0 radical (unpaired) electrons. The summed E-state index contributed by atoms with van der Waals surface area (Å²) in [5, 5.41) is 1.09. The van der Waals surface area contributed by atoms with E-state index in [1.54, 1.807) is 30.3 Å². The summed E-state index contributed by atoms with van der Waals surface area (Å²) < 4.78 is 26.8. The van der Waals surface area contributed by atoms with Crippen LogP contribution in [0.15, 0.2) is 35.2 Å². The minimum absolute atomic E-state index is 0.213. The van der Waals surface area contributed by atoms with E-state index in [9.17, 15) is 13.2 Å². The van der Waals surface area contributed by atoms with Gasteiger partial charge in [-0.1, -0.05) is 24.6 Å². The zero-order chi connectivity index (χ0) is 15.5. The number of amides is 1. The van der Waals surface area contributed by atoms with Crippen molar-refractivity contribution in [3.05, 3.63) is 30.3 Å². The molecule has 0 saturated carbocycles. The molecular formula is C14H20N2O4S. The van der Waals surface area contributed by atoms with E-state index in [1.165, 1.54) is 18.5 Å². The number of hydrogen-bond donors (Lipinski definition) is 0. The molecule has 1 fully saturated rings. The molecule has 1 saturated heterocycles. The van der Waals surface area contributed by atoms with Gasteiger partial charge in [-0.25, -0.2) is 13.5 Å². The Balaban J connectivity index is 2.33. The van der Waals surface area contributed by atoms with Crippen LogP contribution in [-0.4, -0.2) is 50.4 Å². The second kappa shape index (κ2) is 6.55. The number of nitrogens with zero attached hydrogens (tertiary/aromatic N) is 2. The number of hydroxylamine groups is 2. The number of likely N-dealkylation sites (N-methyl/N-ethyl adjacent to an activating group) is 1. The minimum atomic E-state index is -3.67. The molecule has 0 unspecified atom stereocenters. The van der Waals surface area contributed by atoms with E-state index in [0.29, 0.717) is 13.0 Å². The monoisotopic (exact) mass is 312 g/mol. The summed E-state index contributed by atoms with van der Waals surface area (Å²) in [6, 6.07) is 7.51. The van der Waals surface area contributed by atoms with Crippen molar-refractivity contribution in [1.82, 2.24) is 9.37 Å². The van der Waals surface area contributed by atoms with E-state index < -0.39 is 16.1 Å². The van der Waals surface area contributed by atoms with Crippen LogP contribution in [0.3, 0.4) is 0 Å². The highest BCUT2D eigenvalue weighted by molar-refractivity contribution is 7.89. The lowest BCUT2D eigenvalue weighted by molar-refractivity contribution is -0.173. The highest BCUT2D eigenvalue weighted by atomic mass is 32.2. The van der Waals surface area contributed by atoms with Crippen LogP contribution in [0.5, 0.6) is 0 Å². The number of piperidine rings is 1. The van der Waals surface area contributed by atoms with Gasteiger partial charge in [-0.05, 0) is 25.0 Å². The van der Waals surface area contributed by atoms with E-state index in [4.69, 9.17) is 4.84 Å². The van der Waals surface area contributed by atoms with Crippen molar-refractivity contribution in [2.45, 2.75) is 30.2 Å². The van der Waals surface area contributed by atoms with E-state index in [1.807, 2.05) is 0 Å². The van der Waals surface area contributed by atoms with Gasteiger partial charge in [0.1, 0.15) is 6.04 Å². The molecule has 6 nitrogen and oxygen atoms in total. The average molecular weight is 312 g/mol. The number of carbonyl (C=O) groups is 1. The van der Waals surface area contributed by atoms with E-state index in [0.717, 1.165) is 17.9 Å². The molecule has 1 amide bonds. The topological polar surface area (TPSA) is 66.9 Å². The van der Waals surface area contributed by atoms with Crippen molar-refractivity contribution in [3.63, 3.8) is 0 Å². The number of sulfonamides is 1. The molecule has 0 bridgehead atoms. The first kappa shape index (κ1) is 15.9. The predicted molar refractivity (Wildman–Crippen MR) is 77.8 cm³/mol. The van der Waals surface area contributed by atoms with Gasteiger partial charge in [0.05, 0.1) is 12.0 Å². The zero-order valence-corrected chi connectivity index (χ0v) is 13.0. The normalized spacial score (nSPS) is 20.2. The smallest absolute Gasteiger partial charge is 0.264 e. The van der Waals surface area contributed by atoms with Crippen LogP contribution in [0, 0.1) is 0 Å². The fourth-order valence-corrected chi connectivity index (χ4v) is 4.14. The average Bonchev–Trinajstić information content (AvgIpc) is 2.54. The standard InChI is InChI=1S/C14H20N2O4S/c1-15(20-2)14(17)13-10-6-7-11-16(13)21(18,19)12-8-4-3-5-9-12/h3-5,8-9,13H,6-7,10-11H2,1-2H3/t13-/m0/s1. The minimum Gasteiger partial charge on any atom is -0.275 e. The maximum Gasteiger partial charge on any atom is 0.264 e. The van der Waals surface area contributed by atoms with Crippen molar-refractivity contribution >= 4 is 15.9 Å². The fourth-order valence-electron chi connectivity index (χ4n) is 2.47. The van der Waals surface area contributed by atoms with Gasteiger partial charge in [0, 0.05) is 13.6 Å². The second-order valence-corrected chi connectivity index (χ2v) is 6.85. The molecule has 1 aliphatic rings. The molecule has 1 aromatic carbocycles. The maximum absolute atomic E-state index is 12.7. The van der Waals surface area contributed by atoms with Crippen LogP contribution in [0.4, 0.5) is 0 Å². The van der Waals surface area contributed by atoms with Crippen LogP contribution in [0.1, 0.15) is 19.3 Å². The molecule has 0 aliphatic carbocycles. The largest absolute Gasteiger partial charge is 0.275 e. The van der Waals surface area contributed by atoms with Crippen LogP contribution in [0.25, 0.3) is 0 Å². The molecule has 1 aromatic rings. The van der Waals surface area contributed by atoms with E-state index in [-0.39, 0.29) is 10.8 Å². The number of benzene rings is 1. The Morgan fingerprint density at radius 1 is 1.29 bits per heavy atom. The Labute approximate surface area is 125 Å². The molecule has 7 heteroatoms. The van der Waals surface area contributed by atoms with Gasteiger partial charge in [-0.2, -0.15) is 4.31 Å². The number of rotatable bonds is 4. The zero-order valence-electron chi connectivity index (χ0n) is 12.2. The third-order valence-corrected chi connectivity index (χ3v) is 5.60. The van der Waals surface area contributed by atoms with Gasteiger partial charge >= 0.3 is 0 Å². The lowest BCUT2D eigenvalue weighted by Crippen LogP contribution is -2.51. The molecule has 0 spiro atoms. The number of hydrogen-bond acceptors (Lipinski definition) is 4. The van der Waals surface area contributed by atoms with E-state index >= 15 is 0 Å². The van der Waals surface area contributed by atoms with Crippen LogP contribution < -0.4 is 0 Å². The third kappa shape index (κ3) is 3.25. The summed E-state index contributed by atoms with van der Waals surface area (Å²) in [6.07, 6.45) is 2.10. The lowest BCUT2D eigenvalue weighted by Gasteiger charge is -2.35. The molecule has 0 N–H and O–H groups in total. The number of carbonyl (C=O) groups excluding carboxylic acids is 1. The summed E-state index contributed by atoms with van der Waals surface area (Å²) in [5.74, 6) is -0.336. The molecule has 0 aromatic heterocycles. The predicted octanol–water partition coefficient (Wildman–Crippen LogP) is 1.25. The Kier molecular flexibility index (Phi) is 4.97. The molecule has 21 heavy (non-hydrogen) atoms. The summed E-state index contributed by atoms with van der Waals surface area (Å²) in [4.78, 5) is 17.4. The van der Waals surface area contributed by atoms with Crippen molar-refractivity contribution in [3.8, 4) is 0 Å². The van der Waals surface area contributed by atoms with Gasteiger partial charge in [-0.15, -0.1) is 0 Å². The summed E-state index contributed by atoms with van der Waals surface area (Å²) in [7, 11) is -0.792. The third-order valence-electron chi connectivity index (χ3n) is 3.67. The Hall–Kier alpha value is -1.44. The first-order chi connectivity index (χ1) is 9.98. The van der Waals surface area contributed by atoms with E-state index in [2.05, 4.69) is 0 Å². The van der Waals surface area contributed by atoms with Crippen LogP contribution in [0.2, 0.25) is 0 Å². The Morgan fingerprint density at radius 3 is 2.57 bits per heavy atom. The molecule has 1 heterocycles. The van der Waals surface area contributed by atoms with Crippen LogP contribution >= 0.6 is 0 Å². The highest BCUT2D eigenvalue weighted by Crippen LogP contribution is 2.26. The van der Waals surface area contributed by atoms with Gasteiger partial charge < -0.3 is 0 Å². The SMILES string of the molecule is CON(C)C(=O)[C@@H]1CCCCN1S(=O)(=O)c1ccccc1. The van der Waals surface area contributed by atoms with Gasteiger partial charge in [0.2, 0.25) is 10.0 Å². The summed E-state index contributed by atoms with van der Waals surface area (Å²) >= 11 is 0. The summed E-state index contributed by atoms with van der Waals surface area (Å²) in [6.45, 7) is 0.352. The summed E-state index contributed by atoms with van der Waals surface area (Å²) in [5.41, 5.74) is 0. The Morgan fingerprint density at radius 2 is 1.95 bits per heavy atom.